The van der Waals surface area contributed by atoms with Crippen LogP contribution in [-0.4, -0.2) is 57.1 Å². The Morgan fingerprint density at radius 3 is 2.62 bits per heavy atom. The van der Waals surface area contributed by atoms with Crippen molar-refractivity contribution < 1.29 is 22.4 Å². The molecule has 0 radical (unpaired) electrons. The summed E-state index contributed by atoms with van der Waals surface area (Å²) < 4.78 is 52.3. The van der Waals surface area contributed by atoms with Gasteiger partial charge in [0.25, 0.3) is 0 Å². The second-order valence-electron chi connectivity index (χ2n) is 6.78. The molecule has 3 aliphatic rings. The SMILES string of the molecule is FC1CC(CNC2CNCCN2)CCC1C1NOC(C(F)(F)F)N1. The van der Waals surface area contributed by atoms with Crippen LogP contribution in [0.5, 0.6) is 0 Å². The van der Waals surface area contributed by atoms with E-state index in [2.05, 4.69) is 31.6 Å². The summed E-state index contributed by atoms with van der Waals surface area (Å²) >= 11 is 0. The maximum atomic E-state index is 14.5. The summed E-state index contributed by atoms with van der Waals surface area (Å²) in [6, 6.07) is 0. The first-order chi connectivity index (χ1) is 11.4. The lowest BCUT2D eigenvalue weighted by molar-refractivity contribution is -0.224. The maximum Gasteiger partial charge on any atom is 0.430 e. The lowest BCUT2D eigenvalue weighted by atomic mass is 9.79. The number of hydroxylamine groups is 1. The van der Waals surface area contributed by atoms with Crippen LogP contribution in [0.2, 0.25) is 0 Å². The Kier molecular flexibility index (Phi) is 5.94. The lowest BCUT2D eigenvalue weighted by Crippen LogP contribution is -2.56. The first-order valence-electron chi connectivity index (χ1n) is 8.49. The fourth-order valence-corrected chi connectivity index (χ4v) is 3.63. The zero-order valence-electron chi connectivity index (χ0n) is 13.3. The highest BCUT2D eigenvalue weighted by Crippen LogP contribution is 2.35. The Morgan fingerprint density at radius 2 is 2.00 bits per heavy atom. The molecule has 10 heteroatoms. The van der Waals surface area contributed by atoms with Gasteiger partial charge < -0.3 is 10.6 Å². The van der Waals surface area contributed by atoms with Crippen LogP contribution in [0.15, 0.2) is 0 Å². The number of nitrogens with one attached hydrogen (secondary N) is 5. The average Bonchev–Trinajstić information content (AvgIpc) is 3.04. The third-order valence-corrected chi connectivity index (χ3v) is 4.99. The van der Waals surface area contributed by atoms with Crippen molar-refractivity contribution in [3.05, 3.63) is 0 Å². The van der Waals surface area contributed by atoms with Crippen LogP contribution < -0.4 is 26.7 Å². The third-order valence-electron chi connectivity index (χ3n) is 4.99. The van der Waals surface area contributed by atoms with Gasteiger partial charge in [0.2, 0.25) is 6.23 Å². The molecule has 0 spiro atoms. The van der Waals surface area contributed by atoms with Gasteiger partial charge in [-0.2, -0.15) is 18.7 Å². The molecule has 1 saturated carbocycles. The van der Waals surface area contributed by atoms with E-state index in [1.165, 1.54) is 0 Å². The van der Waals surface area contributed by atoms with Gasteiger partial charge >= 0.3 is 6.18 Å². The molecular formula is C14H25F4N5O. The van der Waals surface area contributed by atoms with Gasteiger partial charge in [0.15, 0.2) is 0 Å². The van der Waals surface area contributed by atoms with Crippen molar-refractivity contribution in [2.75, 3.05) is 26.2 Å². The third kappa shape index (κ3) is 4.55. The van der Waals surface area contributed by atoms with Crippen molar-refractivity contribution in [1.82, 2.24) is 26.7 Å². The molecule has 2 heterocycles. The minimum absolute atomic E-state index is 0.189. The zero-order chi connectivity index (χ0) is 17.2. The van der Waals surface area contributed by atoms with Gasteiger partial charge in [-0.1, -0.05) is 0 Å². The van der Waals surface area contributed by atoms with Gasteiger partial charge in [0.1, 0.15) is 6.17 Å². The Bertz CT molecular complexity index is 407. The number of piperazine rings is 1. The predicted octanol–water partition coefficient (Wildman–Crippen LogP) is 0.188. The molecule has 2 saturated heterocycles. The molecule has 24 heavy (non-hydrogen) atoms. The molecule has 3 fully saturated rings. The van der Waals surface area contributed by atoms with Gasteiger partial charge in [-0.05, 0) is 31.7 Å². The second-order valence-corrected chi connectivity index (χ2v) is 6.78. The first-order valence-corrected chi connectivity index (χ1v) is 8.49. The van der Waals surface area contributed by atoms with Crippen LogP contribution >= 0.6 is 0 Å². The average molecular weight is 355 g/mol. The Hall–Kier alpha value is -0.520. The van der Waals surface area contributed by atoms with Crippen molar-refractivity contribution in [2.24, 2.45) is 11.8 Å². The first kappa shape index (κ1) is 18.3. The maximum absolute atomic E-state index is 14.5. The van der Waals surface area contributed by atoms with Crippen LogP contribution in [0, 0.1) is 11.8 Å². The molecule has 140 valence electrons. The molecule has 2 aliphatic heterocycles. The largest absolute Gasteiger partial charge is 0.430 e. The molecule has 3 rings (SSSR count). The summed E-state index contributed by atoms with van der Waals surface area (Å²) in [6.45, 7) is 3.38. The van der Waals surface area contributed by atoms with Crippen molar-refractivity contribution >= 4 is 0 Å². The van der Waals surface area contributed by atoms with Crippen molar-refractivity contribution in [1.29, 1.82) is 0 Å². The molecule has 6 unspecified atom stereocenters. The molecule has 6 atom stereocenters. The summed E-state index contributed by atoms with van der Waals surface area (Å²) in [4.78, 5) is 4.50. The van der Waals surface area contributed by atoms with Gasteiger partial charge in [-0.15, -0.1) is 0 Å². The van der Waals surface area contributed by atoms with E-state index >= 15 is 0 Å². The van der Waals surface area contributed by atoms with E-state index in [1.54, 1.807) is 0 Å². The molecular weight excluding hydrogens is 330 g/mol. The quantitative estimate of drug-likeness (QED) is 0.464. The molecule has 0 amide bonds. The van der Waals surface area contributed by atoms with Gasteiger partial charge in [-0.3, -0.25) is 15.5 Å². The summed E-state index contributed by atoms with van der Waals surface area (Å²) in [7, 11) is 0. The molecule has 0 aromatic rings. The van der Waals surface area contributed by atoms with Crippen LogP contribution in [0.1, 0.15) is 19.3 Å². The minimum atomic E-state index is -4.50. The van der Waals surface area contributed by atoms with E-state index in [-0.39, 0.29) is 12.1 Å². The number of alkyl halides is 4. The zero-order valence-corrected chi connectivity index (χ0v) is 13.3. The fourth-order valence-electron chi connectivity index (χ4n) is 3.63. The Balaban J connectivity index is 1.42. The van der Waals surface area contributed by atoms with Crippen molar-refractivity contribution in [3.8, 4) is 0 Å². The number of hydrogen-bond donors (Lipinski definition) is 5. The molecule has 0 aromatic heterocycles. The number of halogens is 4. The highest BCUT2D eigenvalue weighted by molar-refractivity contribution is 4.90. The fraction of sp³-hybridized carbons (Fsp3) is 1.00. The van der Waals surface area contributed by atoms with E-state index < -0.39 is 30.7 Å². The normalized spacial score (nSPS) is 41.5. The number of hydrogen-bond acceptors (Lipinski definition) is 6. The van der Waals surface area contributed by atoms with Crippen LogP contribution in [-0.2, 0) is 4.84 Å². The van der Waals surface area contributed by atoms with E-state index in [1.807, 2.05) is 0 Å². The molecule has 0 bridgehead atoms. The van der Waals surface area contributed by atoms with Gasteiger partial charge in [0, 0.05) is 25.6 Å². The van der Waals surface area contributed by atoms with E-state index in [9.17, 15) is 17.6 Å². The second kappa shape index (κ2) is 7.79. The highest BCUT2D eigenvalue weighted by atomic mass is 19.4. The highest BCUT2D eigenvalue weighted by Gasteiger charge is 2.49. The van der Waals surface area contributed by atoms with Gasteiger partial charge in [0.05, 0.1) is 12.3 Å². The molecule has 5 N–H and O–H groups in total. The number of rotatable bonds is 4. The molecule has 1 aliphatic carbocycles. The van der Waals surface area contributed by atoms with E-state index in [4.69, 9.17) is 0 Å². The Morgan fingerprint density at radius 1 is 1.17 bits per heavy atom. The smallest absolute Gasteiger partial charge is 0.313 e. The van der Waals surface area contributed by atoms with E-state index in [0.717, 1.165) is 26.1 Å². The summed E-state index contributed by atoms with van der Waals surface area (Å²) in [6.07, 6.45) is -6.66. The molecule has 6 nitrogen and oxygen atoms in total. The predicted molar refractivity (Wildman–Crippen MR) is 79.4 cm³/mol. The van der Waals surface area contributed by atoms with Gasteiger partial charge in [-0.25, -0.2) is 4.39 Å². The van der Waals surface area contributed by atoms with Crippen molar-refractivity contribution in [2.45, 2.75) is 50.2 Å². The monoisotopic (exact) mass is 355 g/mol. The summed E-state index contributed by atoms with van der Waals surface area (Å²) in [5, 5.41) is 12.3. The van der Waals surface area contributed by atoms with E-state index in [0.29, 0.717) is 19.4 Å². The Labute approximate surface area is 138 Å². The summed E-state index contributed by atoms with van der Waals surface area (Å²) in [5.74, 6) is -0.316. The lowest BCUT2D eigenvalue weighted by Gasteiger charge is -2.35. The van der Waals surface area contributed by atoms with Crippen LogP contribution in [0.25, 0.3) is 0 Å². The van der Waals surface area contributed by atoms with Crippen molar-refractivity contribution in [3.63, 3.8) is 0 Å². The molecule has 0 aromatic carbocycles. The summed E-state index contributed by atoms with van der Waals surface area (Å²) in [5.41, 5.74) is 2.31. The standard InChI is InChI=1S/C14H25F4N5O/c15-10-5-8(6-21-11-7-19-3-4-20-11)1-2-9(10)12-22-13(24-23-12)14(16,17)18/h8-13,19-23H,1-7H2. The van der Waals surface area contributed by atoms with Crippen LogP contribution in [0.4, 0.5) is 17.6 Å². The topological polar surface area (TPSA) is 69.4 Å². The minimum Gasteiger partial charge on any atom is -0.313 e. The van der Waals surface area contributed by atoms with Crippen LogP contribution in [0.3, 0.4) is 0 Å².